The molecule has 0 unspecified atom stereocenters. The first-order chi connectivity index (χ1) is 7.72. The summed E-state index contributed by atoms with van der Waals surface area (Å²) >= 11 is 0. The van der Waals surface area contributed by atoms with Crippen molar-refractivity contribution in [3.63, 3.8) is 0 Å². The summed E-state index contributed by atoms with van der Waals surface area (Å²) in [5.74, 6) is -0.807. The number of rotatable bonds is 7. The molecule has 0 fully saturated rings. The van der Waals surface area contributed by atoms with Crippen molar-refractivity contribution in [2.24, 2.45) is 0 Å². The zero-order chi connectivity index (χ0) is 11.8. The van der Waals surface area contributed by atoms with E-state index in [-0.39, 0.29) is 6.54 Å². The maximum Gasteiger partial charge on any atom is 0.317 e. The minimum absolute atomic E-state index is 0.0356. The molecule has 16 heavy (non-hydrogen) atoms. The second kappa shape index (κ2) is 7.01. The first kappa shape index (κ1) is 12.7. The molecule has 0 amide bonds. The van der Waals surface area contributed by atoms with E-state index < -0.39 is 5.97 Å². The lowest BCUT2D eigenvalue weighted by Crippen LogP contribution is -2.24. The highest BCUT2D eigenvalue weighted by Crippen LogP contribution is 2.06. The lowest BCUT2D eigenvalue weighted by atomic mass is 10.1. The Bertz CT molecular complexity index is 319. The number of carboxylic acids is 1. The van der Waals surface area contributed by atoms with Gasteiger partial charge in [-0.3, -0.25) is 4.79 Å². The van der Waals surface area contributed by atoms with Gasteiger partial charge < -0.3 is 10.4 Å². The Morgan fingerprint density at radius 1 is 1.19 bits per heavy atom. The molecule has 1 aromatic rings. The Balaban J connectivity index is 2.29. The highest BCUT2D eigenvalue weighted by Gasteiger charge is 1.97. The minimum atomic E-state index is -0.807. The predicted octanol–water partition coefficient (Wildman–Crippen LogP) is 1.86. The molecule has 0 bridgehead atoms. The number of nitrogens with one attached hydrogen (secondary N) is 1. The van der Waals surface area contributed by atoms with Gasteiger partial charge in [-0.2, -0.15) is 0 Å². The van der Waals surface area contributed by atoms with Crippen LogP contribution in [0.3, 0.4) is 0 Å². The zero-order valence-electron chi connectivity index (χ0n) is 9.70. The van der Waals surface area contributed by atoms with Gasteiger partial charge in [-0.05, 0) is 30.5 Å². The Hall–Kier alpha value is -1.35. The van der Waals surface area contributed by atoms with Gasteiger partial charge in [-0.1, -0.05) is 37.6 Å². The number of aliphatic carboxylic acids is 1. The molecule has 3 heteroatoms. The molecular formula is C13H19NO2. The highest BCUT2D eigenvalue weighted by atomic mass is 16.4. The Kier molecular flexibility index (Phi) is 5.57. The second-order valence-corrected chi connectivity index (χ2v) is 3.89. The molecule has 1 rings (SSSR count). The molecule has 0 saturated carbocycles. The number of aryl methyl sites for hydroxylation is 1. The monoisotopic (exact) mass is 221 g/mol. The first-order valence-corrected chi connectivity index (χ1v) is 5.72. The van der Waals surface area contributed by atoms with Crippen LogP contribution in [0.15, 0.2) is 24.3 Å². The van der Waals surface area contributed by atoms with Crippen molar-refractivity contribution in [1.29, 1.82) is 0 Å². The Morgan fingerprint density at radius 3 is 2.25 bits per heavy atom. The summed E-state index contributed by atoms with van der Waals surface area (Å²) in [6.45, 7) is 2.91. The van der Waals surface area contributed by atoms with Gasteiger partial charge in [0.1, 0.15) is 0 Å². The lowest BCUT2D eigenvalue weighted by molar-refractivity contribution is -0.135. The van der Waals surface area contributed by atoms with Crippen molar-refractivity contribution in [2.75, 3.05) is 13.1 Å². The largest absolute Gasteiger partial charge is 0.480 e. The van der Waals surface area contributed by atoms with E-state index in [2.05, 4.69) is 36.5 Å². The second-order valence-electron chi connectivity index (χ2n) is 3.89. The molecule has 0 spiro atoms. The Morgan fingerprint density at radius 2 is 1.75 bits per heavy atom. The fourth-order valence-electron chi connectivity index (χ4n) is 1.59. The van der Waals surface area contributed by atoms with E-state index >= 15 is 0 Å². The van der Waals surface area contributed by atoms with Gasteiger partial charge in [0.05, 0.1) is 6.54 Å². The van der Waals surface area contributed by atoms with E-state index in [1.165, 1.54) is 17.5 Å². The molecule has 0 aliphatic heterocycles. The molecule has 0 aliphatic rings. The molecular weight excluding hydrogens is 202 g/mol. The van der Waals surface area contributed by atoms with Crippen molar-refractivity contribution >= 4 is 5.97 Å². The third-order valence-electron chi connectivity index (χ3n) is 2.43. The zero-order valence-corrected chi connectivity index (χ0v) is 9.70. The van der Waals surface area contributed by atoms with E-state index in [0.29, 0.717) is 6.54 Å². The fourth-order valence-corrected chi connectivity index (χ4v) is 1.59. The molecule has 88 valence electrons. The minimum Gasteiger partial charge on any atom is -0.480 e. The standard InChI is InChI=1S/C13H19NO2/c1-2-3-11-4-6-12(7-5-11)8-9-14-10-13(15)16/h4-7,14H,2-3,8-10H2,1H3,(H,15,16). The molecule has 2 N–H and O–H groups in total. The summed E-state index contributed by atoms with van der Waals surface area (Å²) in [7, 11) is 0. The molecule has 0 saturated heterocycles. The van der Waals surface area contributed by atoms with Crippen molar-refractivity contribution < 1.29 is 9.90 Å². The number of carbonyl (C=O) groups is 1. The molecule has 0 atom stereocenters. The van der Waals surface area contributed by atoms with Crippen molar-refractivity contribution in [3.8, 4) is 0 Å². The molecule has 0 aromatic heterocycles. The van der Waals surface area contributed by atoms with Crippen LogP contribution in [0, 0.1) is 0 Å². The van der Waals surface area contributed by atoms with Crippen molar-refractivity contribution in [3.05, 3.63) is 35.4 Å². The van der Waals surface area contributed by atoms with Crippen LogP contribution in [0.25, 0.3) is 0 Å². The van der Waals surface area contributed by atoms with E-state index in [4.69, 9.17) is 5.11 Å². The van der Waals surface area contributed by atoms with Crippen LogP contribution in [0.5, 0.6) is 0 Å². The molecule has 0 aliphatic carbocycles. The van der Waals surface area contributed by atoms with Crippen molar-refractivity contribution in [2.45, 2.75) is 26.2 Å². The molecule has 0 heterocycles. The van der Waals surface area contributed by atoms with Gasteiger partial charge in [-0.15, -0.1) is 0 Å². The number of carboxylic acid groups (broad SMARTS) is 1. The summed E-state index contributed by atoms with van der Waals surface area (Å²) in [5.41, 5.74) is 2.61. The van der Waals surface area contributed by atoms with E-state index in [1.54, 1.807) is 0 Å². The maximum atomic E-state index is 10.3. The smallest absolute Gasteiger partial charge is 0.317 e. The first-order valence-electron chi connectivity index (χ1n) is 5.72. The quantitative estimate of drug-likeness (QED) is 0.691. The van der Waals surface area contributed by atoms with Crippen LogP contribution in [-0.2, 0) is 17.6 Å². The summed E-state index contributed by atoms with van der Waals surface area (Å²) in [5, 5.41) is 11.3. The van der Waals surface area contributed by atoms with Crippen LogP contribution < -0.4 is 5.32 Å². The van der Waals surface area contributed by atoms with E-state index in [1.807, 2.05) is 0 Å². The third-order valence-corrected chi connectivity index (χ3v) is 2.43. The molecule has 0 radical (unpaired) electrons. The predicted molar refractivity (Wildman–Crippen MR) is 64.6 cm³/mol. The van der Waals surface area contributed by atoms with Gasteiger partial charge in [0.25, 0.3) is 0 Å². The topological polar surface area (TPSA) is 49.3 Å². The summed E-state index contributed by atoms with van der Waals surface area (Å²) < 4.78 is 0. The molecule has 3 nitrogen and oxygen atoms in total. The average molecular weight is 221 g/mol. The lowest BCUT2D eigenvalue weighted by Gasteiger charge is -2.04. The van der Waals surface area contributed by atoms with Crippen LogP contribution in [0.1, 0.15) is 24.5 Å². The molecule has 1 aromatic carbocycles. The maximum absolute atomic E-state index is 10.3. The third kappa shape index (κ3) is 4.94. The highest BCUT2D eigenvalue weighted by molar-refractivity contribution is 5.68. The summed E-state index contributed by atoms with van der Waals surface area (Å²) in [6, 6.07) is 8.53. The van der Waals surface area contributed by atoms with Crippen LogP contribution in [0.2, 0.25) is 0 Å². The summed E-state index contributed by atoms with van der Waals surface area (Å²) in [6.07, 6.45) is 3.16. The normalized spacial score (nSPS) is 10.3. The SMILES string of the molecule is CCCc1ccc(CCNCC(=O)O)cc1. The van der Waals surface area contributed by atoms with Crippen molar-refractivity contribution in [1.82, 2.24) is 5.32 Å². The van der Waals surface area contributed by atoms with E-state index in [0.717, 1.165) is 12.8 Å². The van der Waals surface area contributed by atoms with Gasteiger partial charge in [-0.25, -0.2) is 0 Å². The number of benzene rings is 1. The van der Waals surface area contributed by atoms with E-state index in [9.17, 15) is 4.79 Å². The fraction of sp³-hybridized carbons (Fsp3) is 0.462. The van der Waals surface area contributed by atoms with Gasteiger partial charge in [0, 0.05) is 0 Å². The van der Waals surface area contributed by atoms with Crippen LogP contribution >= 0.6 is 0 Å². The van der Waals surface area contributed by atoms with Crippen LogP contribution in [-0.4, -0.2) is 24.2 Å². The van der Waals surface area contributed by atoms with Crippen LogP contribution in [0.4, 0.5) is 0 Å². The Labute approximate surface area is 96.5 Å². The number of hydrogen-bond acceptors (Lipinski definition) is 2. The van der Waals surface area contributed by atoms with Gasteiger partial charge in [0.15, 0.2) is 0 Å². The average Bonchev–Trinajstić information content (AvgIpc) is 2.27. The summed E-state index contributed by atoms with van der Waals surface area (Å²) in [4.78, 5) is 10.3. The van der Waals surface area contributed by atoms with Gasteiger partial charge >= 0.3 is 5.97 Å². The number of hydrogen-bond donors (Lipinski definition) is 2. The van der Waals surface area contributed by atoms with Gasteiger partial charge in [0.2, 0.25) is 0 Å².